The van der Waals surface area contributed by atoms with E-state index in [-0.39, 0.29) is 5.41 Å². The maximum absolute atomic E-state index is 8.61. The molecule has 1 aliphatic rings. The lowest BCUT2D eigenvalue weighted by molar-refractivity contribution is 0.102. The number of aromatic nitrogens is 2. The first-order chi connectivity index (χ1) is 7.13. The van der Waals surface area contributed by atoms with Crippen LogP contribution in [0.15, 0.2) is 11.1 Å². The fourth-order valence-electron chi connectivity index (χ4n) is 1.76. The topological polar surface area (TPSA) is 50.8 Å². The largest absolute Gasteiger partial charge is 0.379 e. The second-order valence-electron chi connectivity index (χ2n) is 4.22. The highest BCUT2D eigenvalue weighted by Crippen LogP contribution is 2.29. The zero-order chi connectivity index (χ0) is 10.9. The number of nitriles is 1. The van der Waals surface area contributed by atoms with E-state index in [1.807, 2.05) is 16.1 Å². The lowest BCUT2D eigenvalue weighted by Crippen LogP contribution is -2.24. The molecule has 5 heteroatoms. The third-order valence-electron chi connectivity index (χ3n) is 2.51. The molecule has 0 aliphatic carbocycles. The average molecular weight is 223 g/mol. The Balaban J connectivity index is 2.39. The Bertz CT molecular complexity index is 405. The maximum atomic E-state index is 8.61. The van der Waals surface area contributed by atoms with Gasteiger partial charge in [0.05, 0.1) is 19.8 Å². The molecular formula is C10H13N3OS. The van der Waals surface area contributed by atoms with Crippen LogP contribution in [-0.2, 0) is 16.7 Å². The summed E-state index contributed by atoms with van der Waals surface area (Å²) in [5, 5.41) is 15.8. The first-order valence-corrected chi connectivity index (χ1v) is 5.67. The molecule has 0 bridgehead atoms. The first kappa shape index (κ1) is 10.5. The fraction of sp³-hybridized carbons (Fsp3) is 0.600. The Labute approximate surface area is 93.2 Å². The van der Waals surface area contributed by atoms with Gasteiger partial charge in [0.25, 0.3) is 0 Å². The molecule has 0 saturated heterocycles. The molecule has 0 atom stereocenters. The van der Waals surface area contributed by atoms with Crippen molar-refractivity contribution >= 4 is 11.8 Å². The van der Waals surface area contributed by atoms with Crippen molar-refractivity contribution < 1.29 is 4.74 Å². The van der Waals surface area contributed by atoms with Gasteiger partial charge in [0.1, 0.15) is 10.4 Å². The summed E-state index contributed by atoms with van der Waals surface area (Å²) in [6.07, 6.45) is 0. The summed E-state index contributed by atoms with van der Waals surface area (Å²) in [5.41, 5.74) is 1.12. The third kappa shape index (κ3) is 2.01. The Hall–Kier alpha value is -0.990. The molecule has 80 valence electrons. The average Bonchev–Trinajstić information content (AvgIpc) is 2.52. The molecule has 0 fully saturated rings. The van der Waals surface area contributed by atoms with Crippen LogP contribution in [0.2, 0.25) is 0 Å². The summed E-state index contributed by atoms with van der Waals surface area (Å²) >= 11 is 1.11. The van der Waals surface area contributed by atoms with E-state index in [4.69, 9.17) is 10.00 Å². The highest BCUT2D eigenvalue weighted by molar-refractivity contribution is 8.03. The van der Waals surface area contributed by atoms with E-state index in [9.17, 15) is 0 Å². The van der Waals surface area contributed by atoms with Gasteiger partial charge in [0.2, 0.25) is 0 Å². The Morgan fingerprint density at radius 2 is 2.47 bits per heavy atom. The summed E-state index contributed by atoms with van der Waals surface area (Å²) < 4.78 is 7.47. The van der Waals surface area contributed by atoms with Crippen LogP contribution in [0.3, 0.4) is 0 Å². The molecule has 1 aromatic heterocycles. The van der Waals surface area contributed by atoms with E-state index in [0.29, 0.717) is 13.2 Å². The molecule has 0 saturated carbocycles. The van der Waals surface area contributed by atoms with Gasteiger partial charge in [-0.25, -0.2) is 0 Å². The SMILES string of the molecule is CC1(C)COCCn2nc(SC#N)cc21. The van der Waals surface area contributed by atoms with E-state index in [1.54, 1.807) is 0 Å². The minimum absolute atomic E-state index is 0.0300. The van der Waals surface area contributed by atoms with Gasteiger partial charge in [-0.15, -0.1) is 0 Å². The number of thioether (sulfide) groups is 1. The smallest absolute Gasteiger partial charge is 0.140 e. The molecule has 0 unspecified atom stereocenters. The number of fused-ring (bicyclic) bond motifs is 1. The number of nitrogens with zero attached hydrogens (tertiary/aromatic N) is 3. The van der Waals surface area contributed by atoms with Crippen molar-refractivity contribution in [3.8, 4) is 5.40 Å². The van der Waals surface area contributed by atoms with Crippen molar-refractivity contribution in [1.82, 2.24) is 9.78 Å². The lowest BCUT2D eigenvalue weighted by Gasteiger charge is -2.21. The van der Waals surface area contributed by atoms with E-state index in [2.05, 4.69) is 18.9 Å². The minimum Gasteiger partial charge on any atom is -0.379 e. The van der Waals surface area contributed by atoms with Gasteiger partial charge in [-0.05, 0) is 6.07 Å². The van der Waals surface area contributed by atoms with Crippen molar-refractivity contribution in [2.24, 2.45) is 0 Å². The highest BCUT2D eigenvalue weighted by atomic mass is 32.2. The Morgan fingerprint density at radius 3 is 3.20 bits per heavy atom. The van der Waals surface area contributed by atoms with Crippen LogP contribution < -0.4 is 0 Å². The summed E-state index contributed by atoms with van der Waals surface area (Å²) in [7, 11) is 0. The van der Waals surface area contributed by atoms with Gasteiger partial charge in [0, 0.05) is 22.9 Å². The zero-order valence-corrected chi connectivity index (χ0v) is 9.67. The van der Waals surface area contributed by atoms with Crippen LogP contribution >= 0.6 is 11.8 Å². The van der Waals surface area contributed by atoms with Gasteiger partial charge in [-0.1, -0.05) is 13.8 Å². The molecule has 15 heavy (non-hydrogen) atoms. The molecule has 4 nitrogen and oxygen atoms in total. The van der Waals surface area contributed by atoms with Crippen molar-refractivity contribution in [1.29, 1.82) is 5.26 Å². The van der Waals surface area contributed by atoms with Gasteiger partial charge >= 0.3 is 0 Å². The molecule has 0 aromatic carbocycles. The van der Waals surface area contributed by atoms with Gasteiger partial charge in [-0.2, -0.15) is 10.4 Å². The van der Waals surface area contributed by atoms with E-state index >= 15 is 0 Å². The van der Waals surface area contributed by atoms with E-state index < -0.39 is 0 Å². The predicted molar refractivity (Wildman–Crippen MR) is 57.5 cm³/mol. The van der Waals surface area contributed by atoms with Gasteiger partial charge in [0.15, 0.2) is 0 Å². The molecule has 2 heterocycles. The number of hydrogen-bond donors (Lipinski definition) is 0. The fourth-order valence-corrected chi connectivity index (χ4v) is 2.16. The number of thiocyanates is 1. The molecule has 0 N–H and O–H groups in total. The molecule has 0 amide bonds. The highest BCUT2D eigenvalue weighted by Gasteiger charge is 2.28. The quantitative estimate of drug-likeness (QED) is 0.538. The van der Waals surface area contributed by atoms with Crippen LogP contribution in [-0.4, -0.2) is 23.0 Å². The summed E-state index contributed by atoms with van der Waals surface area (Å²) in [4.78, 5) is 0. The van der Waals surface area contributed by atoms with Crippen molar-refractivity contribution in [3.05, 3.63) is 11.8 Å². The van der Waals surface area contributed by atoms with Crippen molar-refractivity contribution in [2.75, 3.05) is 13.2 Å². The number of hydrogen-bond acceptors (Lipinski definition) is 4. The molecule has 0 spiro atoms. The molecule has 1 aliphatic heterocycles. The second kappa shape index (κ2) is 3.87. The number of ether oxygens (including phenoxy) is 1. The lowest BCUT2D eigenvalue weighted by atomic mass is 9.90. The Kier molecular flexibility index (Phi) is 2.72. The standard InChI is InChI=1S/C10H13N3OS/c1-10(2)6-14-4-3-13-8(10)5-9(12-13)15-7-11/h5H,3-4,6H2,1-2H3. The summed E-state index contributed by atoms with van der Waals surface area (Å²) in [6.45, 7) is 6.42. The minimum atomic E-state index is -0.0300. The maximum Gasteiger partial charge on any atom is 0.140 e. The third-order valence-corrected chi connectivity index (χ3v) is 3.01. The van der Waals surface area contributed by atoms with Gasteiger partial charge < -0.3 is 4.74 Å². The normalized spacial score (nSPS) is 19.0. The van der Waals surface area contributed by atoms with Gasteiger partial charge in [-0.3, -0.25) is 4.68 Å². The van der Waals surface area contributed by atoms with Crippen LogP contribution in [0.4, 0.5) is 0 Å². The van der Waals surface area contributed by atoms with Crippen molar-refractivity contribution in [2.45, 2.75) is 30.8 Å². The first-order valence-electron chi connectivity index (χ1n) is 4.85. The van der Waals surface area contributed by atoms with Crippen LogP contribution in [0, 0.1) is 10.7 Å². The Morgan fingerprint density at radius 1 is 1.67 bits per heavy atom. The van der Waals surface area contributed by atoms with Crippen LogP contribution in [0.5, 0.6) is 0 Å². The monoisotopic (exact) mass is 223 g/mol. The van der Waals surface area contributed by atoms with E-state index in [1.165, 1.54) is 0 Å². The summed E-state index contributed by atoms with van der Waals surface area (Å²) in [5.74, 6) is 0. The predicted octanol–water partition coefficient (Wildman–Crippen LogP) is 1.76. The van der Waals surface area contributed by atoms with Crippen LogP contribution in [0.25, 0.3) is 0 Å². The number of rotatable bonds is 1. The molecular weight excluding hydrogens is 210 g/mol. The second-order valence-corrected chi connectivity index (χ2v) is 5.03. The van der Waals surface area contributed by atoms with E-state index in [0.717, 1.165) is 29.0 Å². The van der Waals surface area contributed by atoms with Crippen molar-refractivity contribution in [3.63, 3.8) is 0 Å². The zero-order valence-electron chi connectivity index (χ0n) is 8.86. The molecule has 1 aromatic rings. The summed E-state index contributed by atoms with van der Waals surface area (Å²) in [6, 6.07) is 1.99. The molecule has 0 radical (unpaired) electrons. The van der Waals surface area contributed by atoms with Crippen LogP contribution in [0.1, 0.15) is 19.5 Å². The molecule has 2 rings (SSSR count).